The summed E-state index contributed by atoms with van der Waals surface area (Å²) in [6.07, 6.45) is 0.521. The van der Waals surface area contributed by atoms with E-state index in [9.17, 15) is 0 Å². The zero-order valence-corrected chi connectivity index (χ0v) is 10.1. The molecule has 0 bridgehead atoms. The van der Waals surface area contributed by atoms with Gasteiger partial charge in [-0.25, -0.2) is 0 Å². The first-order valence-electron chi connectivity index (χ1n) is 5.86. The number of hydrogen-bond donors (Lipinski definition) is 3. The Morgan fingerprint density at radius 1 is 0.944 bits per heavy atom. The second-order valence-electron chi connectivity index (χ2n) is 4.41. The van der Waals surface area contributed by atoms with Gasteiger partial charge in [0.25, 0.3) is 0 Å². The number of hydrogen-bond acceptors (Lipinski definition) is 2. The second kappa shape index (κ2) is 5.02. The van der Waals surface area contributed by atoms with Gasteiger partial charge in [0.15, 0.2) is 0 Å². The van der Waals surface area contributed by atoms with Crippen LogP contribution in [0.5, 0.6) is 0 Å². The highest BCUT2D eigenvalue weighted by Crippen LogP contribution is 2.23. The van der Waals surface area contributed by atoms with E-state index in [0.717, 1.165) is 11.1 Å². The van der Waals surface area contributed by atoms with Crippen LogP contribution in [0.15, 0.2) is 60.7 Å². The molecule has 0 radical (unpaired) electrons. The quantitative estimate of drug-likeness (QED) is 0.564. The van der Waals surface area contributed by atoms with Gasteiger partial charge < -0.3 is 11.5 Å². The molecule has 0 saturated carbocycles. The van der Waals surface area contributed by atoms with Crippen LogP contribution >= 0.6 is 0 Å². The van der Waals surface area contributed by atoms with Crippen molar-refractivity contribution in [2.24, 2.45) is 11.5 Å². The average molecular weight is 239 g/mol. The fourth-order valence-electron chi connectivity index (χ4n) is 2.01. The fraction of sp³-hybridized carbons (Fsp3) is 0.133. The first-order valence-corrected chi connectivity index (χ1v) is 5.86. The molecule has 1 unspecified atom stereocenters. The molecular formula is C15H17N3. The Morgan fingerprint density at radius 3 is 1.94 bits per heavy atom. The highest BCUT2D eigenvalue weighted by molar-refractivity contribution is 5.88. The van der Waals surface area contributed by atoms with Crippen LogP contribution in [0.2, 0.25) is 0 Å². The van der Waals surface area contributed by atoms with Crippen molar-refractivity contribution >= 4 is 5.84 Å². The van der Waals surface area contributed by atoms with Crippen molar-refractivity contribution in [1.82, 2.24) is 0 Å². The summed E-state index contributed by atoms with van der Waals surface area (Å²) in [5.41, 5.74) is 13.0. The van der Waals surface area contributed by atoms with Gasteiger partial charge in [0.1, 0.15) is 11.4 Å². The Bertz CT molecular complexity index is 522. The van der Waals surface area contributed by atoms with Crippen LogP contribution < -0.4 is 11.5 Å². The maximum Gasteiger partial charge on any atom is 0.116 e. The second-order valence-corrected chi connectivity index (χ2v) is 4.41. The van der Waals surface area contributed by atoms with Crippen LogP contribution in [0.25, 0.3) is 0 Å². The fourth-order valence-corrected chi connectivity index (χ4v) is 2.01. The number of amidine groups is 1. The van der Waals surface area contributed by atoms with Crippen molar-refractivity contribution in [3.63, 3.8) is 0 Å². The molecule has 3 heteroatoms. The maximum absolute atomic E-state index is 7.79. The standard InChI is InChI=1S/C15H17N3/c16-14(17)15(18,13-9-5-2-6-10-13)11-12-7-3-1-4-8-12/h1-10H,11,18H2,(H3,16,17). The summed E-state index contributed by atoms with van der Waals surface area (Å²) < 4.78 is 0. The van der Waals surface area contributed by atoms with Gasteiger partial charge in [0.2, 0.25) is 0 Å². The van der Waals surface area contributed by atoms with E-state index in [-0.39, 0.29) is 5.84 Å². The SMILES string of the molecule is N=C(N)C(N)(Cc1ccccc1)c1ccccc1. The summed E-state index contributed by atoms with van der Waals surface area (Å²) in [6, 6.07) is 19.4. The maximum atomic E-state index is 7.79. The predicted octanol–water partition coefficient (Wildman–Crippen LogP) is 2.02. The lowest BCUT2D eigenvalue weighted by atomic mass is 9.84. The molecule has 1 atom stereocenters. The molecule has 0 aliphatic carbocycles. The predicted molar refractivity (Wildman–Crippen MR) is 74.4 cm³/mol. The lowest BCUT2D eigenvalue weighted by molar-refractivity contribution is 0.589. The molecule has 0 fully saturated rings. The Kier molecular flexibility index (Phi) is 3.44. The topological polar surface area (TPSA) is 75.9 Å². The van der Waals surface area contributed by atoms with Gasteiger partial charge in [0.05, 0.1) is 0 Å². The highest BCUT2D eigenvalue weighted by Gasteiger charge is 2.31. The molecule has 0 spiro atoms. The summed E-state index contributed by atoms with van der Waals surface area (Å²) in [5, 5.41) is 7.79. The van der Waals surface area contributed by atoms with Crippen molar-refractivity contribution < 1.29 is 0 Å². The van der Waals surface area contributed by atoms with Crippen LogP contribution in [0.4, 0.5) is 0 Å². The molecule has 0 aliphatic rings. The molecule has 0 amide bonds. The third-order valence-electron chi connectivity index (χ3n) is 3.10. The molecule has 2 aromatic carbocycles. The summed E-state index contributed by atoms with van der Waals surface area (Å²) in [4.78, 5) is 0. The van der Waals surface area contributed by atoms with E-state index in [1.54, 1.807) is 0 Å². The molecule has 3 nitrogen and oxygen atoms in total. The average Bonchev–Trinajstić information content (AvgIpc) is 2.40. The van der Waals surface area contributed by atoms with Crippen LogP contribution in [0.3, 0.4) is 0 Å². The van der Waals surface area contributed by atoms with Crippen LogP contribution in [0.1, 0.15) is 11.1 Å². The lowest BCUT2D eigenvalue weighted by Crippen LogP contribution is -2.50. The molecule has 18 heavy (non-hydrogen) atoms. The Morgan fingerprint density at radius 2 is 1.44 bits per heavy atom. The first-order chi connectivity index (χ1) is 8.63. The van der Waals surface area contributed by atoms with Crippen LogP contribution in [0, 0.1) is 5.41 Å². The van der Waals surface area contributed by atoms with Gasteiger partial charge in [-0.2, -0.15) is 0 Å². The molecule has 5 N–H and O–H groups in total. The summed E-state index contributed by atoms with van der Waals surface area (Å²) in [7, 11) is 0. The molecule has 92 valence electrons. The number of nitrogens with one attached hydrogen (secondary N) is 1. The third-order valence-corrected chi connectivity index (χ3v) is 3.10. The summed E-state index contributed by atoms with van der Waals surface area (Å²) >= 11 is 0. The van der Waals surface area contributed by atoms with Crippen molar-refractivity contribution in [3.8, 4) is 0 Å². The first kappa shape index (κ1) is 12.3. The molecule has 2 rings (SSSR count). The monoisotopic (exact) mass is 239 g/mol. The molecule has 0 saturated heterocycles. The molecule has 2 aromatic rings. The minimum Gasteiger partial charge on any atom is -0.386 e. The van der Waals surface area contributed by atoms with Gasteiger partial charge in [-0.15, -0.1) is 0 Å². The van der Waals surface area contributed by atoms with Gasteiger partial charge in [-0.05, 0) is 11.1 Å². The van der Waals surface area contributed by atoms with E-state index in [1.165, 1.54) is 0 Å². The Balaban J connectivity index is 2.37. The van der Waals surface area contributed by atoms with Crippen molar-refractivity contribution in [2.45, 2.75) is 12.0 Å². The van der Waals surface area contributed by atoms with Gasteiger partial charge in [-0.3, -0.25) is 5.41 Å². The van der Waals surface area contributed by atoms with E-state index >= 15 is 0 Å². The molecule has 0 aliphatic heterocycles. The summed E-state index contributed by atoms with van der Waals surface area (Å²) in [5.74, 6) is -0.0162. The Labute approximate surface area is 107 Å². The van der Waals surface area contributed by atoms with Crippen molar-refractivity contribution in [1.29, 1.82) is 5.41 Å². The normalized spacial score (nSPS) is 13.8. The zero-order valence-electron chi connectivity index (χ0n) is 10.1. The van der Waals surface area contributed by atoms with E-state index in [2.05, 4.69) is 0 Å². The largest absolute Gasteiger partial charge is 0.386 e. The van der Waals surface area contributed by atoms with Crippen molar-refractivity contribution in [2.75, 3.05) is 0 Å². The van der Waals surface area contributed by atoms with Gasteiger partial charge >= 0.3 is 0 Å². The lowest BCUT2D eigenvalue weighted by Gasteiger charge is -2.29. The van der Waals surface area contributed by atoms with E-state index in [1.807, 2.05) is 60.7 Å². The third kappa shape index (κ3) is 2.41. The highest BCUT2D eigenvalue weighted by atomic mass is 14.9. The number of nitrogens with two attached hydrogens (primary N) is 2. The molecule has 0 heterocycles. The van der Waals surface area contributed by atoms with Crippen LogP contribution in [-0.2, 0) is 12.0 Å². The van der Waals surface area contributed by atoms with E-state index in [4.69, 9.17) is 16.9 Å². The molecular weight excluding hydrogens is 222 g/mol. The Hall–Kier alpha value is -2.13. The van der Waals surface area contributed by atoms with Gasteiger partial charge in [-0.1, -0.05) is 60.7 Å². The minimum atomic E-state index is -0.942. The number of rotatable bonds is 4. The zero-order chi connectivity index (χ0) is 13.0. The minimum absolute atomic E-state index is 0.0162. The van der Waals surface area contributed by atoms with E-state index < -0.39 is 5.54 Å². The van der Waals surface area contributed by atoms with E-state index in [0.29, 0.717) is 6.42 Å². The van der Waals surface area contributed by atoms with Crippen LogP contribution in [-0.4, -0.2) is 5.84 Å². The van der Waals surface area contributed by atoms with Crippen molar-refractivity contribution in [3.05, 3.63) is 71.8 Å². The summed E-state index contributed by atoms with van der Waals surface area (Å²) in [6.45, 7) is 0. The smallest absolute Gasteiger partial charge is 0.116 e. The number of benzene rings is 2. The molecule has 0 aromatic heterocycles. The van der Waals surface area contributed by atoms with Gasteiger partial charge in [0, 0.05) is 6.42 Å².